The van der Waals surface area contributed by atoms with E-state index in [1.807, 2.05) is 6.07 Å². The molecule has 3 aliphatic rings. The first-order valence-electron chi connectivity index (χ1n) is 8.19. The SMILES string of the molecule is Clc1ccc2[nH]c3c(c2c1)CCN1[C@H]3CCN2CCOC[C@@H]21. The van der Waals surface area contributed by atoms with E-state index in [-0.39, 0.29) is 0 Å². The maximum Gasteiger partial charge on any atom is 0.0870 e. The summed E-state index contributed by atoms with van der Waals surface area (Å²) in [5.74, 6) is 0. The van der Waals surface area contributed by atoms with E-state index in [2.05, 4.69) is 26.9 Å². The van der Waals surface area contributed by atoms with Gasteiger partial charge in [-0.15, -0.1) is 0 Å². The van der Waals surface area contributed by atoms with Crippen molar-refractivity contribution in [3.05, 3.63) is 34.5 Å². The van der Waals surface area contributed by atoms with Crippen LogP contribution >= 0.6 is 11.6 Å². The molecule has 1 aromatic heterocycles. The van der Waals surface area contributed by atoms with E-state index < -0.39 is 0 Å². The average Bonchev–Trinajstić information content (AvgIpc) is 2.92. The van der Waals surface area contributed by atoms with Crippen molar-refractivity contribution in [2.24, 2.45) is 0 Å². The van der Waals surface area contributed by atoms with E-state index >= 15 is 0 Å². The highest BCUT2D eigenvalue weighted by Crippen LogP contribution is 2.41. The predicted octanol–water partition coefficient (Wildman–Crippen LogP) is 2.78. The number of H-pyrrole nitrogens is 1. The van der Waals surface area contributed by atoms with Crippen LogP contribution in [0.4, 0.5) is 0 Å². The third-order valence-corrected chi connectivity index (χ3v) is 5.77. The maximum absolute atomic E-state index is 6.20. The minimum Gasteiger partial charge on any atom is -0.377 e. The molecule has 0 aliphatic carbocycles. The number of aromatic nitrogens is 1. The second kappa shape index (κ2) is 4.96. The molecule has 0 spiro atoms. The van der Waals surface area contributed by atoms with Crippen molar-refractivity contribution < 1.29 is 4.74 Å². The van der Waals surface area contributed by atoms with Crippen molar-refractivity contribution in [1.82, 2.24) is 14.8 Å². The normalized spacial score (nSPS) is 29.1. The number of hydrogen-bond acceptors (Lipinski definition) is 3. The standard InChI is InChI=1S/C17H20ClN3O/c18-11-1-2-14-13(9-11)12-3-6-21-15(17(12)19-14)4-5-20-7-8-22-10-16(20)21/h1-2,9,15-16,19H,3-8,10H2/t15-,16-/m0/s1. The minimum atomic E-state index is 0.454. The Morgan fingerprint density at radius 2 is 2.18 bits per heavy atom. The first kappa shape index (κ1) is 13.4. The summed E-state index contributed by atoms with van der Waals surface area (Å²) in [5, 5.41) is 2.14. The molecule has 0 amide bonds. The second-order valence-electron chi connectivity index (χ2n) is 6.59. The van der Waals surface area contributed by atoms with Crippen molar-refractivity contribution in [2.45, 2.75) is 25.0 Å². The number of hydrogen-bond donors (Lipinski definition) is 1. The van der Waals surface area contributed by atoms with Crippen LogP contribution in [0.5, 0.6) is 0 Å². The number of rotatable bonds is 0. The molecule has 4 nitrogen and oxygen atoms in total. The molecule has 3 aliphatic heterocycles. The number of nitrogens with one attached hydrogen (secondary N) is 1. The Morgan fingerprint density at radius 1 is 1.23 bits per heavy atom. The van der Waals surface area contributed by atoms with Gasteiger partial charge in [-0.2, -0.15) is 0 Å². The van der Waals surface area contributed by atoms with Gasteiger partial charge in [-0.1, -0.05) is 11.6 Å². The van der Waals surface area contributed by atoms with Crippen LogP contribution in [0.15, 0.2) is 18.2 Å². The van der Waals surface area contributed by atoms with Gasteiger partial charge in [0.1, 0.15) is 0 Å². The van der Waals surface area contributed by atoms with Crippen LogP contribution < -0.4 is 0 Å². The lowest BCUT2D eigenvalue weighted by molar-refractivity contribution is -0.120. The Labute approximate surface area is 135 Å². The molecule has 2 aromatic rings. The molecule has 5 heteroatoms. The Bertz CT molecular complexity index is 728. The first-order valence-corrected chi connectivity index (χ1v) is 8.56. The minimum absolute atomic E-state index is 0.454. The monoisotopic (exact) mass is 317 g/mol. The number of aromatic amines is 1. The zero-order valence-corrected chi connectivity index (χ0v) is 13.3. The van der Waals surface area contributed by atoms with Crippen LogP contribution in [0.25, 0.3) is 10.9 Å². The van der Waals surface area contributed by atoms with E-state index in [9.17, 15) is 0 Å². The number of halogens is 1. The molecule has 0 saturated carbocycles. The zero-order chi connectivity index (χ0) is 14.7. The average molecular weight is 318 g/mol. The highest BCUT2D eigenvalue weighted by atomic mass is 35.5. The van der Waals surface area contributed by atoms with Crippen molar-refractivity contribution in [2.75, 3.05) is 32.8 Å². The van der Waals surface area contributed by atoms with Crippen LogP contribution in [0, 0.1) is 0 Å². The van der Waals surface area contributed by atoms with Crippen molar-refractivity contribution in [1.29, 1.82) is 0 Å². The van der Waals surface area contributed by atoms with Gasteiger partial charge in [0.2, 0.25) is 0 Å². The predicted molar refractivity (Wildman–Crippen MR) is 87.3 cm³/mol. The molecule has 116 valence electrons. The first-order chi connectivity index (χ1) is 10.8. The van der Waals surface area contributed by atoms with Crippen LogP contribution in [-0.4, -0.2) is 53.8 Å². The van der Waals surface area contributed by atoms with Crippen LogP contribution in [-0.2, 0) is 11.2 Å². The summed E-state index contributed by atoms with van der Waals surface area (Å²) in [7, 11) is 0. The fourth-order valence-corrected chi connectivity index (χ4v) is 4.68. The Hall–Kier alpha value is -1.07. The van der Waals surface area contributed by atoms with Gasteiger partial charge in [0.25, 0.3) is 0 Å². The summed E-state index contributed by atoms with van der Waals surface area (Å²) in [5.41, 5.74) is 4.11. The molecule has 4 heterocycles. The van der Waals surface area contributed by atoms with Gasteiger partial charge in [-0.25, -0.2) is 0 Å². The lowest BCUT2D eigenvalue weighted by Gasteiger charge is -2.51. The summed E-state index contributed by atoms with van der Waals surface area (Å²) < 4.78 is 5.74. The fourth-order valence-electron chi connectivity index (χ4n) is 4.50. The van der Waals surface area contributed by atoms with E-state index in [4.69, 9.17) is 16.3 Å². The van der Waals surface area contributed by atoms with E-state index in [0.29, 0.717) is 12.2 Å². The summed E-state index contributed by atoms with van der Waals surface area (Å²) in [6, 6.07) is 6.69. The number of ether oxygens (including phenoxy) is 1. The molecule has 1 aromatic carbocycles. The molecule has 5 rings (SSSR count). The largest absolute Gasteiger partial charge is 0.377 e. The summed E-state index contributed by atoms with van der Waals surface area (Å²) in [6.07, 6.45) is 2.75. The summed E-state index contributed by atoms with van der Waals surface area (Å²) >= 11 is 6.20. The third-order valence-electron chi connectivity index (χ3n) is 5.54. The molecule has 0 unspecified atom stereocenters. The van der Waals surface area contributed by atoms with Gasteiger partial charge in [-0.05, 0) is 36.6 Å². The fraction of sp³-hybridized carbons (Fsp3) is 0.529. The topological polar surface area (TPSA) is 31.5 Å². The third kappa shape index (κ3) is 1.88. The molecular formula is C17H20ClN3O. The molecule has 2 atom stereocenters. The second-order valence-corrected chi connectivity index (χ2v) is 7.03. The Kier molecular flexibility index (Phi) is 3.02. The van der Waals surface area contributed by atoms with E-state index in [1.54, 1.807) is 0 Å². The van der Waals surface area contributed by atoms with Crippen LogP contribution in [0.1, 0.15) is 23.7 Å². The van der Waals surface area contributed by atoms with Gasteiger partial charge in [0.15, 0.2) is 0 Å². The number of fused-ring (bicyclic) bond motifs is 7. The summed E-state index contributed by atoms with van der Waals surface area (Å²) in [6.45, 7) is 5.08. The quantitative estimate of drug-likeness (QED) is 0.811. The van der Waals surface area contributed by atoms with Gasteiger partial charge in [0, 0.05) is 41.3 Å². The Balaban J connectivity index is 1.58. The summed E-state index contributed by atoms with van der Waals surface area (Å²) in [4.78, 5) is 8.91. The van der Waals surface area contributed by atoms with E-state index in [0.717, 1.165) is 37.7 Å². The number of benzene rings is 1. The highest BCUT2D eigenvalue weighted by molar-refractivity contribution is 6.31. The molecule has 0 bridgehead atoms. The number of morpholine rings is 1. The molecule has 0 radical (unpaired) electrons. The number of nitrogens with zero attached hydrogens (tertiary/aromatic N) is 2. The lowest BCUT2D eigenvalue weighted by Crippen LogP contribution is -2.61. The maximum atomic E-state index is 6.20. The van der Waals surface area contributed by atoms with Crippen molar-refractivity contribution >= 4 is 22.5 Å². The van der Waals surface area contributed by atoms with Gasteiger partial charge < -0.3 is 9.72 Å². The molecule has 22 heavy (non-hydrogen) atoms. The molecule has 1 N–H and O–H groups in total. The van der Waals surface area contributed by atoms with E-state index in [1.165, 1.54) is 35.1 Å². The Morgan fingerprint density at radius 3 is 3.14 bits per heavy atom. The molecule has 2 saturated heterocycles. The van der Waals surface area contributed by atoms with Crippen LogP contribution in [0.3, 0.4) is 0 Å². The lowest BCUT2D eigenvalue weighted by atomic mass is 9.92. The van der Waals surface area contributed by atoms with Crippen LogP contribution in [0.2, 0.25) is 5.02 Å². The van der Waals surface area contributed by atoms with Gasteiger partial charge in [0.05, 0.1) is 25.4 Å². The smallest absolute Gasteiger partial charge is 0.0870 e. The zero-order valence-electron chi connectivity index (χ0n) is 12.5. The highest BCUT2D eigenvalue weighted by Gasteiger charge is 2.41. The van der Waals surface area contributed by atoms with Crippen molar-refractivity contribution in [3.8, 4) is 0 Å². The molecule has 2 fully saturated rings. The molecular weight excluding hydrogens is 298 g/mol. The van der Waals surface area contributed by atoms with Gasteiger partial charge in [-0.3, -0.25) is 9.80 Å². The van der Waals surface area contributed by atoms with Gasteiger partial charge >= 0.3 is 0 Å². The van der Waals surface area contributed by atoms with Crippen molar-refractivity contribution in [3.63, 3.8) is 0 Å².